The van der Waals surface area contributed by atoms with Crippen molar-refractivity contribution in [2.24, 2.45) is 11.8 Å². The molecule has 1 N–H and O–H groups in total. The highest BCUT2D eigenvalue weighted by molar-refractivity contribution is 6.03. The molecule has 41 heavy (non-hydrogen) atoms. The Morgan fingerprint density at radius 1 is 0.927 bits per heavy atom. The molecule has 0 bridgehead atoms. The maximum atomic E-state index is 13.7. The molecule has 226 valence electrons. The molecule has 10 heteroatoms. The van der Waals surface area contributed by atoms with E-state index in [1.165, 1.54) is 18.2 Å². The molecule has 0 spiro atoms. The third kappa shape index (κ3) is 9.16. The molecule has 1 aromatic carbocycles. The zero-order chi connectivity index (χ0) is 30.8. The lowest BCUT2D eigenvalue weighted by molar-refractivity contribution is -0.175. The van der Waals surface area contributed by atoms with E-state index in [9.17, 15) is 32.3 Å². The highest BCUT2D eigenvalue weighted by Gasteiger charge is 2.45. The minimum atomic E-state index is -4.72. The largest absolute Gasteiger partial charge is 0.460 e. The van der Waals surface area contributed by atoms with Crippen molar-refractivity contribution in [3.05, 3.63) is 41.0 Å². The third-order valence-electron chi connectivity index (χ3n) is 6.90. The zero-order valence-corrected chi connectivity index (χ0v) is 24.6. The fourth-order valence-electron chi connectivity index (χ4n) is 5.22. The van der Waals surface area contributed by atoms with Crippen molar-refractivity contribution in [1.82, 2.24) is 5.32 Å². The van der Waals surface area contributed by atoms with Gasteiger partial charge in [0, 0.05) is 12.5 Å². The minimum absolute atomic E-state index is 0.117. The summed E-state index contributed by atoms with van der Waals surface area (Å²) in [6.07, 6.45) is -0.144. The van der Waals surface area contributed by atoms with Crippen LogP contribution in [0.4, 0.5) is 13.2 Å². The van der Waals surface area contributed by atoms with Gasteiger partial charge in [-0.25, -0.2) is 0 Å². The highest BCUT2D eigenvalue weighted by Crippen LogP contribution is 2.39. The quantitative estimate of drug-likeness (QED) is 0.331. The van der Waals surface area contributed by atoms with E-state index in [-0.39, 0.29) is 30.0 Å². The zero-order valence-electron chi connectivity index (χ0n) is 24.6. The molecule has 0 saturated heterocycles. The number of carbonyl (C=O) groups is 4. The van der Waals surface area contributed by atoms with Crippen LogP contribution in [0.1, 0.15) is 90.3 Å². The van der Waals surface area contributed by atoms with Crippen molar-refractivity contribution in [3.8, 4) is 0 Å². The fourth-order valence-corrected chi connectivity index (χ4v) is 5.22. The average Bonchev–Trinajstić information content (AvgIpc) is 2.80. The van der Waals surface area contributed by atoms with Crippen molar-refractivity contribution in [2.45, 2.75) is 110 Å². The number of nitrogens with one attached hydrogen (secondary N) is 1. The van der Waals surface area contributed by atoms with Gasteiger partial charge in [-0.2, -0.15) is 13.2 Å². The Balaban J connectivity index is 2.03. The molecule has 2 atom stereocenters. The first-order valence-electron chi connectivity index (χ1n) is 14.0. The van der Waals surface area contributed by atoms with Crippen molar-refractivity contribution in [3.63, 3.8) is 0 Å². The molecule has 1 fully saturated rings. The number of halogens is 3. The van der Waals surface area contributed by atoms with E-state index in [0.29, 0.717) is 11.6 Å². The minimum Gasteiger partial charge on any atom is -0.460 e. The van der Waals surface area contributed by atoms with Crippen molar-refractivity contribution < 1.29 is 41.8 Å². The number of fused-ring (bicyclic) bond motifs is 1. The number of rotatable bonds is 7. The number of hydrogen-bond acceptors (Lipinski definition) is 6. The van der Waals surface area contributed by atoms with E-state index in [1.807, 2.05) is 0 Å². The first kappa shape index (κ1) is 32.3. The maximum Gasteiger partial charge on any atom is 0.417 e. The van der Waals surface area contributed by atoms with Crippen molar-refractivity contribution in [1.29, 1.82) is 0 Å². The summed E-state index contributed by atoms with van der Waals surface area (Å²) in [6, 6.07) is 3.95. The topological polar surface area (TPSA) is 98.8 Å². The number of carbonyl (C=O) groups excluding carboxylic acids is 4. The van der Waals surface area contributed by atoms with Gasteiger partial charge in [-0.3, -0.25) is 19.2 Å². The molecule has 2 aliphatic carbocycles. The van der Waals surface area contributed by atoms with Crippen LogP contribution in [-0.4, -0.2) is 47.0 Å². The molecule has 2 aliphatic rings. The van der Waals surface area contributed by atoms with Crippen molar-refractivity contribution in [2.75, 3.05) is 0 Å². The highest BCUT2D eigenvalue weighted by atomic mass is 19.4. The van der Waals surface area contributed by atoms with Crippen LogP contribution in [0.15, 0.2) is 24.3 Å². The monoisotopic (exact) mass is 579 g/mol. The van der Waals surface area contributed by atoms with E-state index in [0.717, 1.165) is 32.1 Å². The molecule has 0 radical (unpaired) electrons. The van der Waals surface area contributed by atoms with Crippen LogP contribution in [0.2, 0.25) is 0 Å². The second kappa shape index (κ2) is 12.4. The lowest BCUT2D eigenvalue weighted by Gasteiger charge is -2.31. The number of ether oxygens (including phenoxy) is 2. The van der Waals surface area contributed by atoms with E-state index in [1.54, 1.807) is 41.5 Å². The molecular weight excluding hydrogens is 539 g/mol. The molecule has 3 rings (SSSR count). The second-order valence-corrected chi connectivity index (χ2v) is 12.9. The van der Waals surface area contributed by atoms with Gasteiger partial charge in [0.25, 0.3) is 0 Å². The molecule has 1 saturated carbocycles. The van der Waals surface area contributed by atoms with Gasteiger partial charge < -0.3 is 14.8 Å². The van der Waals surface area contributed by atoms with Gasteiger partial charge in [0.1, 0.15) is 17.1 Å². The number of allylic oxidation sites excluding steroid dienone is 2. The summed E-state index contributed by atoms with van der Waals surface area (Å²) in [5, 5.41) is 2.92. The molecule has 0 aromatic heterocycles. The molecule has 2 unspecified atom stereocenters. The Labute approximate surface area is 239 Å². The summed E-state index contributed by atoms with van der Waals surface area (Å²) in [5.74, 6) is -5.94. The predicted molar refractivity (Wildman–Crippen MR) is 147 cm³/mol. The van der Waals surface area contributed by atoms with Gasteiger partial charge in [-0.05, 0) is 83.6 Å². The van der Waals surface area contributed by atoms with Gasteiger partial charge in [-0.1, -0.05) is 37.5 Å². The maximum absolute atomic E-state index is 13.7. The van der Waals surface area contributed by atoms with E-state index in [4.69, 9.17) is 9.47 Å². The van der Waals surface area contributed by atoms with Crippen LogP contribution >= 0.6 is 0 Å². The van der Waals surface area contributed by atoms with Crippen LogP contribution in [0.25, 0.3) is 5.57 Å². The molecular formula is C31H40F3NO6. The number of benzene rings is 1. The predicted octanol–water partition coefficient (Wildman–Crippen LogP) is 5.66. The summed E-state index contributed by atoms with van der Waals surface area (Å²) < 4.78 is 52.0. The Morgan fingerprint density at radius 2 is 1.51 bits per heavy atom. The van der Waals surface area contributed by atoms with E-state index >= 15 is 0 Å². The van der Waals surface area contributed by atoms with Gasteiger partial charge in [0.15, 0.2) is 5.78 Å². The van der Waals surface area contributed by atoms with E-state index < -0.39 is 58.4 Å². The lowest BCUT2D eigenvalue weighted by atomic mass is 9.82. The summed E-state index contributed by atoms with van der Waals surface area (Å²) in [4.78, 5) is 52.9. The van der Waals surface area contributed by atoms with E-state index in [2.05, 4.69) is 5.32 Å². The second-order valence-electron chi connectivity index (χ2n) is 12.9. The number of esters is 2. The molecule has 7 nitrogen and oxygen atoms in total. The lowest BCUT2D eigenvalue weighted by Crippen LogP contribution is -2.49. The van der Waals surface area contributed by atoms with Gasteiger partial charge in [-0.15, -0.1) is 0 Å². The average molecular weight is 580 g/mol. The summed E-state index contributed by atoms with van der Waals surface area (Å²) >= 11 is 0. The number of amides is 1. The van der Waals surface area contributed by atoms with Gasteiger partial charge >= 0.3 is 18.1 Å². The van der Waals surface area contributed by atoms with Crippen molar-refractivity contribution >= 4 is 29.2 Å². The van der Waals surface area contributed by atoms with Crippen LogP contribution in [0.3, 0.4) is 0 Å². The SMILES string of the molecule is CC(C)(C)OC(=O)C(Cc1ccc2c(c1)CC(=O)C=C2C(F)(F)F)C(C(=O)NC1CCCCC1)C(=O)OC(C)(C)C. The summed E-state index contributed by atoms with van der Waals surface area (Å²) in [6.45, 7) is 9.91. The number of hydrogen-bond donors (Lipinski definition) is 1. The van der Waals surface area contributed by atoms with Crippen LogP contribution < -0.4 is 5.32 Å². The fraction of sp³-hybridized carbons (Fsp3) is 0.613. The number of ketones is 1. The smallest absolute Gasteiger partial charge is 0.417 e. The Hall–Kier alpha value is -3.17. The standard InChI is InChI=1S/C31H40F3NO6/c1-29(2,3)40-27(38)23(15-18-12-13-22-19(14-18)16-21(36)17-24(22)31(32,33)34)25(28(39)41-30(4,5)6)26(37)35-20-10-8-7-9-11-20/h12-14,17,20,23,25H,7-11,15-16H2,1-6H3,(H,35,37). The van der Waals surface area contributed by atoms with Gasteiger partial charge in [0.05, 0.1) is 11.5 Å². The normalized spacial score (nSPS) is 18.1. The molecule has 1 amide bonds. The summed E-state index contributed by atoms with van der Waals surface area (Å²) in [7, 11) is 0. The number of alkyl halides is 3. The molecule has 0 aliphatic heterocycles. The Morgan fingerprint density at radius 3 is 2.07 bits per heavy atom. The Kier molecular flexibility index (Phi) is 9.76. The summed E-state index contributed by atoms with van der Waals surface area (Å²) in [5.41, 5.74) is -2.50. The van der Waals surface area contributed by atoms with Gasteiger partial charge in [0.2, 0.25) is 5.91 Å². The molecule has 1 aromatic rings. The van der Waals surface area contributed by atoms with Crippen LogP contribution in [-0.2, 0) is 41.5 Å². The molecule has 0 heterocycles. The first-order valence-corrected chi connectivity index (χ1v) is 14.0. The first-order chi connectivity index (χ1) is 18.8. The third-order valence-corrected chi connectivity index (χ3v) is 6.90. The van der Waals surface area contributed by atoms with Crippen LogP contribution in [0.5, 0.6) is 0 Å². The van der Waals surface area contributed by atoms with Crippen LogP contribution in [0, 0.1) is 11.8 Å². The Bertz CT molecular complexity index is 1200.